The molecular weight excluding hydrogens is 412 g/mol. The summed E-state index contributed by atoms with van der Waals surface area (Å²) in [7, 11) is 0. The molecule has 32 heavy (non-hydrogen) atoms. The van der Waals surface area contributed by atoms with Crippen LogP contribution in [0.2, 0.25) is 0 Å². The number of carboxylic acid groups (broad SMARTS) is 2. The van der Waals surface area contributed by atoms with Crippen LogP contribution in [0.4, 0.5) is 0 Å². The molecule has 8 nitrogen and oxygen atoms in total. The quantitative estimate of drug-likeness (QED) is 0.479. The van der Waals surface area contributed by atoms with Gasteiger partial charge in [-0.15, -0.1) is 0 Å². The van der Waals surface area contributed by atoms with Crippen molar-refractivity contribution in [3.8, 4) is 0 Å². The molecule has 2 aromatic rings. The Morgan fingerprint density at radius 2 is 1.00 bits per heavy atom. The normalized spacial score (nSPS) is 20.1. The fourth-order valence-electron chi connectivity index (χ4n) is 3.68. The van der Waals surface area contributed by atoms with Gasteiger partial charge in [0.05, 0.1) is 62.8 Å². The van der Waals surface area contributed by atoms with Gasteiger partial charge in [-0.2, -0.15) is 0 Å². The van der Waals surface area contributed by atoms with E-state index in [4.69, 9.17) is 19.8 Å². The third-order valence-electron chi connectivity index (χ3n) is 5.34. The van der Waals surface area contributed by atoms with Crippen LogP contribution in [0, 0.1) is 0 Å². The van der Waals surface area contributed by atoms with Crippen LogP contribution in [0.25, 0.3) is 0 Å². The van der Waals surface area contributed by atoms with Gasteiger partial charge in [-0.3, -0.25) is 9.59 Å². The Morgan fingerprint density at radius 1 is 0.656 bits per heavy atom. The lowest BCUT2D eigenvalue weighted by Crippen LogP contribution is -2.87. The molecule has 0 spiro atoms. The highest BCUT2D eigenvalue weighted by molar-refractivity contribution is 6.25. The van der Waals surface area contributed by atoms with Gasteiger partial charge in [0, 0.05) is 0 Å². The Bertz CT molecular complexity index is 826. The maximum atomic E-state index is 11.6. The number of aliphatic carboxylic acids is 2. The molecule has 170 valence electrons. The molecule has 2 aliphatic rings. The molecule has 2 saturated heterocycles. The van der Waals surface area contributed by atoms with Crippen LogP contribution < -0.4 is 20.8 Å². The first-order valence-corrected chi connectivity index (χ1v) is 10.6. The molecule has 0 bridgehead atoms. The van der Waals surface area contributed by atoms with E-state index in [2.05, 4.69) is 10.6 Å². The van der Waals surface area contributed by atoms with Crippen molar-refractivity contribution in [2.75, 3.05) is 26.2 Å². The predicted octanol–water partition coefficient (Wildman–Crippen LogP) is -2.90. The number of quaternary nitrogens is 2. The minimum absolute atomic E-state index is 0.134. The van der Waals surface area contributed by atoms with E-state index in [1.807, 2.05) is 60.7 Å². The maximum Gasteiger partial charge on any atom is 0.151 e. The van der Waals surface area contributed by atoms with Crippen molar-refractivity contribution in [1.29, 1.82) is 0 Å². The number of benzene rings is 2. The molecule has 4 rings (SSSR count). The lowest BCUT2D eigenvalue weighted by Gasteiger charge is -2.18. The van der Waals surface area contributed by atoms with Crippen molar-refractivity contribution in [1.82, 2.24) is 0 Å². The summed E-state index contributed by atoms with van der Waals surface area (Å²) >= 11 is 0. The highest BCUT2D eigenvalue weighted by Gasteiger charge is 2.26. The molecule has 2 aliphatic heterocycles. The van der Waals surface area contributed by atoms with Gasteiger partial charge in [-0.05, 0) is 11.1 Å². The Hall–Kier alpha value is -3.36. The zero-order valence-electron chi connectivity index (χ0n) is 17.8. The minimum atomic E-state index is -2.19. The number of nitrogens with two attached hydrogens (primary N) is 2. The Labute approximate surface area is 186 Å². The molecule has 2 heterocycles. The zero-order valence-corrected chi connectivity index (χ0v) is 17.8. The van der Waals surface area contributed by atoms with Crippen molar-refractivity contribution >= 4 is 23.5 Å². The number of ketones is 2. The Kier molecular flexibility index (Phi) is 10.2. The van der Waals surface area contributed by atoms with Crippen molar-refractivity contribution in [3.05, 3.63) is 71.8 Å². The first-order chi connectivity index (χ1) is 15.4. The van der Waals surface area contributed by atoms with Crippen molar-refractivity contribution in [2.45, 2.75) is 24.7 Å². The number of carbonyl (C=O) groups is 4. The van der Waals surface area contributed by atoms with Gasteiger partial charge in [0.1, 0.15) is 0 Å². The van der Waals surface area contributed by atoms with E-state index in [9.17, 15) is 9.59 Å². The van der Waals surface area contributed by atoms with E-state index >= 15 is 0 Å². The number of carbonyl (C=O) groups excluding carboxylic acids is 4. The fraction of sp³-hybridized carbons (Fsp3) is 0.333. The van der Waals surface area contributed by atoms with Gasteiger partial charge < -0.3 is 30.4 Å². The van der Waals surface area contributed by atoms with Gasteiger partial charge in [0.25, 0.3) is 0 Å². The summed E-state index contributed by atoms with van der Waals surface area (Å²) in [5.74, 6) is -3.31. The topological polar surface area (TPSA) is 148 Å². The van der Waals surface area contributed by atoms with Crippen LogP contribution in [0.1, 0.15) is 35.8 Å². The Morgan fingerprint density at radius 3 is 1.28 bits per heavy atom. The molecule has 8 heteroatoms. The first-order valence-electron chi connectivity index (χ1n) is 10.6. The lowest BCUT2D eigenvalue weighted by atomic mass is 9.91. The van der Waals surface area contributed by atoms with Crippen LogP contribution in [0.3, 0.4) is 0 Å². The number of hydrogen-bond donors (Lipinski definition) is 2. The molecular formula is C24H28N2O6. The van der Waals surface area contributed by atoms with Gasteiger partial charge in [0.2, 0.25) is 0 Å². The van der Waals surface area contributed by atoms with Gasteiger partial charge >= 0.3 is 0 Å². The minimum Gasteiger partial charge on any atom is -0.543 e. The fourth-order valence-corrected chi connectivity index (χ4v) is 3.68. The van der Waals surface area contributed by atoms with Crippen molar-refractivity contribution in [3.63, 3.8) is 0 Å². The second-order valence-corrected chi connectivity index (χ2v) is 7.56. The average Bonchev–Trinajstić information content (AvgIpc) is 2.82. The highest BCUT2D eigenvalue weighted by Crippen LogP contribution is 2.18. The molecule has 0 saturated carbocycles. The molecule has 2 unspecified atom stereocenters. The summed E-state index contributed by atoms with van der Waals surface area (Å²) in [6, 6.07) is 20.1. The summed E-state index contributed by atoms with van der Waals surface area (Å²) < 4.78 is 0. The maximum absolute atomic E-state index is 11.6. The third-order valence-corrected chi connectivity index (χ3v) is 5.34. The van der Waals surface area contributed by atoms with E-state index in [-0.39, 0.29) is 11.8 Å². The van der Waals surface area contributed by atoms with E-state index in [0.717, 1.165) is 39.0 Å². The lowest BCUT2D eigenvalue weighted by molar-refractivity contribution is -0.659. The van der Waals surface area contributed by atoms with Gasteiger partial charge in [-0.25, -0.2) is 0 Å². The molecule has 0 radical (unpaired) electrons. The standard InChI is InChI=1S/2C11H13NO.C2H2O4/c2*13-11-6-7-12-8-10(11)9-4-2-1-3-5-9;3-1(4)2(5)6/h2*1-5,10,12H,6-8H2;(H,3,4)(H,5,6). The second kappa shape index (κ2) is 13.1. The Balaban J connectivity index is 0.000000183. The summed E-state index contributed by atoms with van der Waals surface area (Å²) in [5, 5.41) is 22.3. The van der Waals surface area contributed by atoms with Crippen LogP contribution in [-0.4, -0.2) is 49.7 Å². The molecule has 2 atom stereocenters. The molecule has 2 fully saturated rings. The van der Waals surface area contributed by atoms with E-state index in [0.29, 0.717) is 11.6 Å². The SMILES string of the molecule is O=C([O-])C(=O)[O-].O=C1CC[NH2+]CC1c1ccccc1.O=C1CC[NH2+]CC1c1ccccc1. The number of rotatable bonds is 2. The molecule has 4 N–H and O–H groups in total. The molecule has 0 aromatic heterocycles. The van der Waals surface area contributed by atoms with Crippen LogP contribution >= 0.6 is 0 Å². The summed E-state index contributed by atoms with van der Waals surface area (Å²) in [4.78, 5) is 41.0. The highest BCUT2D eigenvalue weighted by atomic mass is 16.4. The summed E-state index contributed by atoms with van der Waals surface area (Å²) in [6.07, 6.45) is 1.44. The second-order valence-electron chi connectivity index (χ2n) is 7.56. The van der Waals surface area contributed by atoms with Crippen LogP contribution in [0.15, 0.2) is 60.7 Å². The van der Waals surface area contributed by atoms with E-state index < -0.39 is 11.9 Å². The van der Waals surface area contributed by atoms with Gasteiger partial charge in [0.15, 0.2) is 11.6 Å². The average molecular weight is 440 g/mol. The number of carboxylic acids is 2. The van der Waals surface area contributed by atoms with Crippen molar-refractivity contribution in [2.24, 2.45) is 0 Å². The van der Waals surface area contributed by atoms with Crippen molar-refractivity contribution < 1.29 is 40.0 Å². The first kappa shape index (κ1) is 24.9. The monoisotopic (exact) mass is 440 g/mol. The summed E-state index contributed by atoms with van der Waals surface area (Å²) in [5.41, 5.74) is 2.34. The zero-order chi connectivity index (χ0) is 23.3. The summed E-state index contributed by atoms with van der Waals surface area (Å²) in [6.45, 7) is 3.76. The van der Waals surface area contributed by atoms with E-state index in [1.54, 1.807) is 0 Å². The number of hydrogen-bond acceptors (Lipinski definition) is 6. The van der Waals surface area contributed by atoms with Crippen LogP contribution in [0.5, 0.6) is 0 Å². The molecule has 0 aliphatic carbocycles. The smallest absolute Gasteiger partial charge is 0.151 e. The molecule has 2 aromatic carbocycles. The van der Waals surface area contributed by atoms with Gasteiger partial charge in [-0.1, -0.05) is 60.7 Å². The molecule has 0 amide bonds. The third kappa shape index (κ3) is 8.05. The predicted molar refractivity (Wildman–Crippen MR) is 111 cm³/mol. The van der Waals surface area contributed by atoms with Crippen LogP contribution in [-0.2, 0) is 19.2 Å². The van der Waals surface area contributed by atoms with E-state index in [1.165, 1.54) is 11.1 Å². The number of Topliss-reactive ketones (excluding diaryl/α,β-unsaturated/α-hetero) is 2. The largest absolute Gasteiger partial charge is 0.543 e. The number of piperidine rings is 2.